The number of aliphatic hydroxyl groups is 1. The van der Waals surface area contributed by atoms with Crippen LogP contribution in [-0.2, 0) is 17.5 Å². The molecule has 0 spiro atoms. The van der Waals surface area contributed by atoms with Gasteiger partial charge in [-0.3, -0.25) is 0 Å². The minimum atomic E-state index is -2.20. The zero-order chi connectivity index (χ0) is 36.5. The number of benzene rings is 2. The molecule has 0 heterocycles. The van der Waals surface area contributed by atoms with Crippen molar-refractivity contribution in [1.82, 2.24) is 0 Å². The van der Waals surface area contributed by atoms with Gasteiger partial charge in [-0.05, 0) is 85.0 Å². The van der Waals surface area contributed by atoms with Crippen LogP contribution in [-0.4, -0.2) is 49.2 Å². The Bertz CT molecular complexity index is 1180. The lowest BCUT2D eigenvalue weighted by molar-refractivity contribution is 0.0524. The van der Waals surface area contributed by atoms with E-state index in [1.165, 1.54) is 0 Å². The van der Waals surface area contributed by atoms with Crippen LogP contribution in [0.2, 0.25) is 36.3 Å². The first-order valence-electron chi connectivity index (χ1n) is 18.8. The molecule has 0 amide bonds. The molecule has 49 heavy (non-hydrogen) atoms. The molecule has 2 rings (SSSR count). The van der Waals surface area contributed by atoms with Gasteiger partial charge in [0.1, 0.15) is 12.2 Å². The normalized spacial score (nSPS) is 13.1. The zero-order valence-corrected chi connectivity index (χ0v) is 34.5. The van der Waals surface area contributed by atoms with E-state index in [1.54, 1.807) is 21.3 Å². The summed E-state index contributed by atoms with van der Waals surface area (Å²) in [5, 5.41) is 10.4. The Balaban J connectivity index is 2.82. The Kier molecular flexibility index (Phi) is 18.9. The number of methoxy groups -OCH3 is 3. The highest BCUT2D eigenvalue weighted by atomic mass is 28.4. The molecule has 0 aliphatic carbocycles. The van der Waals surface area contributed by atoms with Gasteiger partial charge >= 0.3 is 0 Å². The summed E-state index contributed by atoms with van der Waals surface area (Å²) in [5.41, 5.74) is 2.60. The van der Waals surface area contributed by atoms with Crippen molar-refractivity contribution >= 4 is 16.6 Å². The van der Waals surface area contributed by atoms with E-state index in [9.17, 15) is 5.11 Å². The van der Waals surface area contributed by atoms with Crippen LogP contribution >= 0.6 is 0 Å². The van der Waals surface area contributed by atoms with E-state index in [4.69, 9.17) is 27.8 Å². The number of hydrogen-bond acceptors (Lipinski definition) is 7. The quantitative estimate of drug-likeness (QED) is 0.0767. The molecule has 2 atom stereocenters. The number of ether oxygens (including phenoxy) is 4. The van der Waals surface area contributed by atoms with Gasteiger partial charge in [-0.2, -0.15) is 0 Å². The van der Waals surface area contributed by atoms with E-state index in [0.29, 0.717) is 40.7 Å². The maximum Gasteiger partial charge on any atom is 0.251 e. The molecule has 0 radical (unpaired) electrons. The fraction of sp³-hybridized carbons (Fsp3) is 0.650. The molecule has 7 nitrogen and oxygen atoms in total. The first kappa shape index (κ1) is 42.7. The third-order valence-corrected chi connectivity index (χ3v) is 19.3. The highest BCUT2D eigenvalue weighted by Gasteiger charge is 2.40. The molecule has 0 bridgehead atoms. The van der Waals surface area contributed by atoms with E-state index >= 15 is 0 Å². The third-order valence-electron chi connectivity index (χ3n) is 9.43. The molecule has 278 valence electrons. The van der Waals surface area contributed by atoms with Crippen molar-refractivity contribution in [3.05, 3.63) is 53.6 Å². The molecular weight excluding hydrogens is 649 g/mol. The molecule has 0 saturated carbocycles. The van der Waals surface area contributed by atoms with Crippen LogP contribution in [0, 0.1) is 0 Å². The standard InChI is InChI=1S/C40H68O7Si2/c1-12-19-32-26-34(30-41)39(35(27-32)42-9)45-31(8)38(46-48(20-13-2,21-14-3)22-15-4)33-28-36(43-10)40(37(29-33)44-11)47-49(23-16-5,24-17-6)25-18-7/h12,26-29,31,38,41H,1,13-25,30H2,2-11H3. The molecular formula is C40H68O7Si2. The number of rotatable bonds is 26. The van der Waals surface area contributed by atoms with Crippen LogP contribution < -0.4 is 23.4 Å². The van der Waals surface area contributed by atoms with Crippen molar-refractivity contribution in [2.45, 2.75) is 148 Å². The summed E-state index contributed by atoms with van der Waals surface area (Å²) >= 11 is 0. The molecule has 0 saturated heterocycles. The Morgan fingerprint density at radius 1 is 0.673 bits per heavy atom. The fourth-order valence-corrected chi connectivity index (χ4v) is 16.7. The molecule has 0 aromatic heterocycles. The summed E-state index contributed by atoms with van der Waals surface area (Å²) in [7, 11) is 0.739. The van der Waals surface area contributed by atoms with E-state index < -0.39 is 28.8 Å². The highest BCUT2D eigenvalue weighted by Crippen LogP contribution is 2.46. The predicted octanol–water partition coefficient (Wildman–Crippen LogP) is 11.2. The number of hydrogen-bond donors (Lipinski definition) is 1. The fourth-order valence-electron chi connectivity index (χ4n) is 7.56. The Hall–Kier alpha value is -2.47. The van der Waals surface area contributed by atoms with Crippen LogP contribution in [0.3, 0.4) is 0 Å². The second-order valence-electron chi connectivity index (χ2n) is 13.5. The molecule has 2 unspecified atom stereocenters. The van der Waals surface area contributed by atoms with Crippen molar-refractivity contribution in [3.8, 4) is 28.7 Å². The van der Waals surface area contributed by atoms with E-state index in [0.717, 1.165) is 85.9 Å². The van der Waals surface area contributed by atoms with Crippen LogP contribution in [0.5, 0.6) is 28.7 Å². The van der Waals surface area contributed by atoms with E-state index in [2.05, 4.69) is 67.2 Å². The average molecular weight is 717 g/mol. The van der Waals surface area contributed by atoms with E-state index in [-0.39, 0.29) is 6.61 Å². The van der Waals surface area contributed by atoms with Crippen molar-refractivity contribution < 1.29 is 32.9 Å². The molecule has 0 fully saturated rings. The Labute approximate surface area is 301 Å². The Morgan fingerprint density at radius 3 is 1.53 bits per heavy atom. The van der Waals surface area contributed by atoms with Gasteiger partial charge in [-0.25, -0.2) is 0 Å². The summed E-state index contributed by atoms with van der Waals surface area (Å²) in [6, 6.07) is 14.6. The first-order valence-corrected chi connectivity index (χ1v) is 23.9. The van der Waals surface area contributed by atoms with Crippen LogP contribution in [0.4, 0.5) is 0 Å². The topological polar surface area (TPSA) is 75.6 Å². The first-order chi connectivity index (χ1) is 23.6. The van der Waals surface area contributed by atoms with Gasteiger partial charge in [0.25, 0.3) is 8.32 Å². The summed E-state index contributed by atoms with van der Waals surface area (Å²) in [6.07, 6.45) is 8.12. The van der Waals surface area contributed by atoms with Crippen molar-refractivity contribution in [1.29, 1.82) is 0 Å². The van der Waals surface area contributed by atoms with Gasteiger partial charge in [-0.1, -0.05) is 86.1 Å². The molecule has 1 N–H and O–H groups in total. The second-order valence-corrected chi connectivity index (χ2v) is 21.7. The van der Waals surface area contributed by atoms with Crippen molar-refractivity contribution in [3.63, 3.8) is 0 Å². The lowest BCUT2D eigenvalue weighted by atomic mass is 10.0. The molecule has 9 heteroatoms. The Morgan fingerprint density at radius 2 is 1.12 bits per heavy atom. The minimum Gasteiger partial charge on any atom is -0.538 e. The van der Waals surface area contributed by atoms with Crippen molar-refractivity contribution in [2.24, 2.45) is 0 Å². The van der Waals surface area contributed by atoms with E-state index in [1.807, 2.05) is 18.2 Å². The lowest BCUT2D eigenvalue weighted by Gasteiger charge is -2.38. The maximum atomic E-state index is 10.4. The second kappa shape index (κ2) is 21.7. The predicted molar refractivity (Wildman–Crippen MR) is 209 cm³/mol. The van der Waals surface area contributed by atoms with Gasteiger partial charge < -0.3 is 32.9 Å². The van der Waals surface area contributed by atoms with Gasteiger partial charge in [0.15, 0.2) is 37.1 Å². The molecule has 0 aliphatic rings. The summed E-state index contributed by atoms with van der Waals surface area (Å²) in [5.74, 6) is 3.12. The smallest absolute Gasteiger partial charge is 0.251 e. The zero-order valence-electron chi connectivity index (χ0n) is 32.5. The van der Waals surface area contributed by atoms with Crippen molar-refractivity contribution in [2.75, 3.05) is 21.3 Å². The number of aliphatic hydroxyl groups excluding tert-OH is 1. The minimum absolute atomic E-state index is 0.179. The molecule has 2 aromatic carbocycles. The summed E-state index contributed by atoms with van der Waals surface area (Å²) in [4.78, 5) is 0. The summed E-state index contributed by atoms with van der Waals surface area (Å²) in [6.45, 7) is 19.3. The maximum absolute atomic E-state index is 10.4. The molecule has 2 aromatic rings. The monoisotopic (exact) mass is 716 g/mol. The summed E-state index contributed by atoms with van der Waals surface area (Å²) < 4.78 is 39.5. The molecule has 0 aliphatic heterocycles. The van der Waals surface area contributed by atoms with Crippen LogP contribution in [0.15, 0.2) is 36.9 Å². The van der Waals surface area contributed by atoms with Gasteiger partial charge in [0.05, 0.1) is 27.9 Å². The number of allylic oxidation sites excluding steroid dienone is 1. The van der Waals surface area contributed by atoms with Gasteiger partial charge in [0.2, 0.25) is 0 Å². The largest absolute Gasteiger partial charge is 0.538 e. The van der Waals surface area contributed by atoms with Crippen LogP contribution in [0.25, 0.3) is 0 Å². The van der Waals surface area contributed by atoms with Crippen LogP contribution in [0.1, 0.15) is 110 Å². The average Bonchev–Trinajstić information content (AvgIpc) is 3.08. The van der Waals surface area contributed by atoms with Gasteiger partial charge in [0, 0.05) is 5.56 Å². The SMILES string of the molecule is C=CCc1cc(CO)c(OC(C)C(O[Si](CCC)(CCC)CCC)c2cc(OC)c(O[Si](CCC)(CCC)CCC)c(OC)c2)c(OC)c1. The third kappa shape index (κ3) is 11.5. The lowest BCUT2D eigenvalue weighted by Crippen LogP contribution is -2.42. The van der Waals surface area contributed by atoms with Gasteiger partial charge in [-0.15, -0.1) is 6.58 Å². The highest BCUT2D eigenvalue weighted by molar-refractivity contribution is 6.74.